The Labute approximate surface area is 61.8 Å². The largest absolute Gasteiger partial charge is 0.297 e. The van der Waals surface area contributed by atoms with Crippen LogP contribution in [0.2, 0.25) is 0 Å². The van der Waals surface area contributed by atoms with Crippen molar-refractivity contribution >= 4 is 12.0 Å². The first kappa shape index (κ1) is 9.27. The van der Waals surface area contributed by atoms with E-state index in [0.717, 1.165) is 5.75 Å². The van der Waals surface area contributed by atoms with Gasteiger partial charge in [0.25, 0.3) is 0 Å². The van der Waals surface area contributed by atoms with Gasteiger partial charge in [0.2, 0.25) is 0 Å². The maximum atomic E-state index is 5.30. The van der Waals surface area contributed by atoms with Gasteiger partial charge in [0.05, 0.1) is 0 Å². The molecular formula is C6H15NOS. The van der Waals surface area contributed by atoms with Gasteiger partial charge in [-0.2, -0.15) is 0 Å². The van der Waals surface area contributed by atoms with Crippen molar-refractivity contribution in [3.8, 4) is 0 Å². The van der Waals surface area contributed by atoms with Crippen molar-refractivity contribution in [1.82, 2.24) is 4.90 Å². The van der Waals surface area contributed by atoms with Crippen LogP contribution in [0, 0.1) is 0 Å². The van der Waals surface area contributed by atoms with Gasteiger partial charge in [-0.05, 0) is 33.1 Å². The number of hydrogen-bond acceptors (Lipinski definition) is 3. The van der Waals surface area contributed by atoms with Gasteiger partial charge < -0.3 is 0 Å². The summed E-state index contributed by atoms with van der Waals surface area (Å²) in [6.45, 7) is 4.11. The average Bonchev–Trinajstić information content (AvgIpc) is 1.82. The summed E-state index contributed by atoms with van der Waals surface area (Å²) >= 11 is 1.50. The Morgan fingerprint density at radius 1 is 1.56 bits per heavy atom. The zero-order chi connectivity index (χ0) is 7.28. The molecule has 0 aromatic carbocycles. The molecule has 3 heteroatoms. The van der Waals surface area contributed by atoms with Gasteiger partial charge in [-0.25, -0.2) is 0 Å². The molecule has 1 atom stereocenters. The Morgan fingerprint density at radius 2 is 2.11 bits per heavy atom. The summed E-state index contributed by atoms with van der Waals surface area (Å²) in [6.07, 6.45) is 0.218. The van der Waals surface area contributed by atoms with Gasteiger partial charge in [0, 0.05) is 5.75 Å². The quantitative estimate of drug-likeness (QED) is 0.445. The molecule has 0 aromatic rings. The lowest BCUT2D eigenvalue weighted by atomic mass is 10.6. The zero-order valence-corrected chi connectivity index (χ0v) is 7.36. The van der Waals surface area contributed by atoms with Crippen molar-refractivity contribution in [3.05, 3.63) is 0 Å². The molecule has 0 saturated carbocycles. The fourth-order valence-corrected chi connectivity index (χ4v) is 0.758. The third kappa shape index (κ3) is 4.75. The molecule has 0 bridgehead atoms. The smallest absolute Gasteiger partial charge is 0.121 e. The molecule has 56 valence electrons. The molecule has 0 heterocycles. The summed E-state index contributed by atoms with van der Waals surface area (Å²) in [5.41, 5.74) is 0. The van der Waals surface area contributed by atoms with Crippen LogP contribution in [0.1, 0.15) is 13.8 Å². The van der Waals surface area contributed by atoms with Crippen LogP contribution in [0.15, 0.2) is 0 Å². The summed E-state index contributed by atoms with van der Waals surface area (Å²) in [5.74, 6) is 1.01. The minimum atomic E-state index is 0.218. The third-order valence-corrected chi connectivity index (χ3v) is 1.70. The molecule has 0 fully saturated rings. The first-order valence-electron chi connectivity index (χ1n) is 3.13. The second kappa shape index (κ2) is 5.09. The highest BCUT2D eigenvalue weighted by Gasteiger charge is 2.02. The van der Waals surface area contributed by atoms with Gasteiger partial charge >= 0.3 is 0 Å². The summed E-state index contributed by atoms with van der Waals surface area (Å²) < 4.78 is 5.30. The Morgan fingerprint density at radius 3 is 2.44 bits per heavy atom. The molecule has 0 radical (unpaired) electrons. The van der Waals surface area contributed by atoms with E-state index in [1.54, 1.807) is 0 Å². The predicted molar refractivity (Wildman–Crippen MR) is 42.4 cm³/mol. The van der Waals surface area contributed by atoms with Gasteiger partial charge in [-0.1, -0.05) is 6.92 Å². The highest BCUT2D eigenvalue weighted by molar-refractivity contribution is 7.94. The summed E-state index contributed by atoms with van der Waals surface area (Å²) in [4.78, 5) is 2.03. The molecule has 0 aliphatic heterocycles. The molecule has 9 heavy (non-hydrogen) atoms. The van der Waals surface area contributed by atoms with Crippen LogP contribution in [0.3, 0.4) is 0 Å². The van der Waals surface area contributed by atoms with Gasteiger partial charge in [-0.3, -0.25) is 9.08 Å². The van der Waals surface area contributed by atoms with Crippen LogP contribution in [0.4, 0.5) is 0 Å². The second-order valence-corrected chi connectivity index (χ2v) is 3.07. The topological polar surface area (TPSA) is 12.5 Å². The monoisotopic (exact) mass is 149 g/mol. The lowest BCUT2D eigenvalue weighted by Gasteiger charge is -2.17. The van der Waals surface area contributed by atoms with E-state index in [2.05, 4.69) is 6.92 Å². The normalized spacial score (nSPS) is 14.3. The lowest BCUT2D eigenvalue weighted by molar-refractivity contribution is 0.104. The number of hydrogen-bond donors (Lipinski definition) is 0. The molecule has 0 rings (SSSR count). The molecular weight excluding hydrogens is 134 g/mol. The molecule has 1 unspecified atom stereocenters. The van der Waals surface area contributed by atoms with E-state index in [0.29, 0.717) is 0 Å². The first-order valence-corrected chi connectivity index (χ1v) is 4.04. The van der Waals surface area contributed by atoms with Crippen LogP contribution < -0.4 is 0 Å². The Kier molecular flexibility index (Phi) is 5.24. The predicted octanol–water partition coefficient (Wildman–Crippen LogP) is 1.58. The van der Waals surface area contributed by atoms with Crippen molar-refractivity contribution in [3.63, 3.8) is 0 Å². The first-order chi connectivity index (χ1) is 4.18. The van der Waals surface area contributed by atoms with Crippen molar-refractivity contribution < 1.29 is 4.18 Å². The van der Waals surface area contributed by atoms with E-state index in [4.69, 9.17) is 4.18 Å². The standard InChI is InChI=1S/C6H15NOS/c1-5-9-8-6(2)7(3)4/h6H,5H2,1-4H3. The van der Waals surface area contributed by atoms with Crippen LogP contribution in [0.25, 0.3) is 0 Å². The SMILES string of the molecule is CCSOC(C)N(C)C. The van der Waals surface area contributed by atoms with Crippen LogP contribution >= 0.6 is 12.0 Å². The maximum Gasteiger partial charge on any atom is 0.121 e. The Balaban J connectivity index is 3.16. The van der Waals surface area contributed by atoms with E-state index in [1.165, 1.54) is 12.0 Å². The van der Waals surface area contributed by atoms with E-state index >= 15 is 0 Å². The van der Waals surface area contributed by atoms with Crippen LogP contribution in [0.5, 0.6) is 0 Å². The number of nitrogens with zero attached hydrogens (tertiary/aromatic N) is 1. The molecule has 0 saturated heterocycles. The Hall–Kier alpha value is 0.270. The van der Waals surface area contributed by atoms with E-state index in [-0.39, 0.29) is 6.23 Å². The fraction of sp³-hybridized carbons (Fsp3) is 1.00. The summed E-state index contributed by atoms with van der Waals surface area (Å²) in [6, 6.07) is 0. The van der Waals surface area contributed by atoms with Crippen molar-refractivity contribution in [2.24, 2.45) is 0 Å². The molecule has 0 amide bonds. The zero-order valence-electron chi connectivity index (χ0n) is 6.55. The van der Waals surface area contributed by atoms with Crippen molar-refractivity contribution in [1.29, 1.82) is 0 Å². The average molecular weight is 149 g/mol. The molecule has 0 aliphatic rings. The Bertz CT molecular complexity index is 68.1. The number of rotatable bonds is 4. The van der Waals surface area contributed by atoms with Gasteiger partial charge in [-0.15, -0.1) is 0 Å². The molecule has 2 nitrogen and oxygen atoms in total. The molecule has 0 spiro atoms. The van der Waals surface area contributed by atoms with E-state index < -0.39 is 0 Å². The molecule has 0 N–H and O–H groups in total. The van der Waals surface area contributed by atoms with Crippen LogP contribution in [-0.4, -0.2) is 31.0 Å². The maximum absolute atomic E-state index is 5.30. The van der Waals surface area contributed by atoms with Gasteiger partial charge in [0.1, 0.15) is 6.23 Å². The third-order valence-electron chi connectivity index (χ3n) is 1.05. The van der Waals surface area contributed by atoms with Crippen molar-refractivity contribution in [2.75, 3.05) is 19.8 Å². The summed E-state index contributed by atoms with van der Waals surface area (Å²) in [7, 11) is 4.00. The summed E-state index contributed by atoms with van der Waals surface area (Å²) in [5, 5.41) is 0. The van der Waals surface area contributed by atoms with Crippen LogP contribution in [-0.2, 0) is 4.18 Å². The molecule has 0 aromatic heterocycles. The second-order valence-electron chi connectivity index (χ2n) is 2.07. The van der Waals surface area contributed by atoms with E-state index in [9.17, 15) is 0 Å². The minimum absolute atomic E-state index is 0.218. The lowest BCUT2D eigenvalue weighted by Crippen LogP contribution is -2.25. The highest BCUT2D eigenvalue weighted by Crippen LogP contribution is 2.06. The molecule has 0 aliphatic carbocycles. The fourth-order valence-electron chi connectivity index (χ4n) is 0.253. The van der Waals surface area contributed by atoms with Crippen molar-refractivity contribution in [2.45, 2.75) is 20.1 Å². The van der Waals surface area contributed by atoms with E-state index in [1.807, 2.05) is 25.9 Å². The minimum Gasteiger partial charge on any atom is -0.297 e. The van der Waals surface area contributed by atoms with Gasteiger partial charge in [0.15, 0.2) is 0 Å². The highest BCUT2D eigenvalue weighted by atomic mass is 32.2.